The number of aryl methyl sites for hydroxylation is 2. The Balaban J connectivity index is 1.36. The molecule has 2 unspecified atom stereocenters. The average Bonchev–Trinajstić information content (AvgIpc) is 3.88. The van der Waals surface area contributed by atoms with Crippen LogP contribution in [0.15, 0.2) is 110 Å². The van der Waals surface area contributed by atoms with E-state index in [1.165, 1.54) is 42.5 Å². The highest BCUT2D eigenvalue weighted by Gasteiger charge is 2.49. The summed E-state index contributed by atoms with van der Waals surface area (Å²) < 4.78 is 125. The van der Waals surface area contributed by atoms with E-state index in [0.29, 0.717) is 98.6 Å². The quantitative estimate of drug-likeness (QED) is 0.0327. The first-order chi connectivity index (χ1) is 36.8. The van der Waals surface area contributed by atoms with Gasteiger partial charge in [-0.3, -0.25) is 23.2 Å². The molecule has 3 aromatic carbocycles. The molecule has 2 amide bonds. The number of carbonyl (C=O) groups is 3. The van der Waals surface area contributed by atoms with Gasteiger partial charge in [-0.15, -0.1) is 5.06 Å². The van der Waals surface area contributed by atoms with E-state index in [-0.39, 0.29) is 46.3 Å². The van der Waals surface area contributed by atoms with Gasteiger partial charge in [-0.05, 0) is 162 Å². The third kappa shape index (κ3) is 12.9. The number of hydroxylamine groups is 2. The normalized spacial score (nSPS) is 21.0. The number of allylic oxidation sites excluding steroid dienone is 7. The summed E-state index contributed by atoms with van der Waals surface area (Å²) in [5.41, 5.74) is 5.77. The summed E-state index contributed by atoms with van der Waals surface area (Å²) in [5.74, 6) is -1.08. The van der Waals surface area contributed by atoms with Crippen LogP contribution in [0.4, 0.5) is 11.4 Å². The fraction of sp³-hybridized carbons (Fsp3) is 0.464. The topological polar surface area (TPSA) is 261 Å². The number of imide groups is 1. The Morgan fingerprint density at radius 1 is 0.718 bits per heavy atom. The Kier molecular flexibility index (Phi) is 18.6. The minimum Gasteiger partial charge on any atom is -0.457 e. The molecular formula is C56H70N3O16S3+. The lowest BCUT2D eigenvalue weighted by atomic mass is 9.76. The second kappa shape index (κ2) is 24.3. The van der Waals surface area contributed by atoms with Crippen LogP contribution in [0, 0.1) is 13.8 Å². The van der Waals surface area contributed by atoms with Gasteiger partial charge >= 0.3 is 5.97 Å². The summed E-state index contributed by atoms with van der Waals surface area (Å²) in [6.45, 7) is 11.3. The molecule has 1 fully saturated rings. The molecule has 4 aliphatic rings. The lowest BCUT2D eigenvalue weighted by Gasteiger charge is -2.30. The van der Waals surface area contributed by atoms with E-state index >= 15 is 0 Å². The van der Waals surface area contributed by atoms with Crippen molar-refractivity contribution in [3.8, 4) is 5.75 Å². The van der Waals surface area contributed by atoms with Crippen molar-refractivity contribution in [2.75, 3.05) is 45.4 Å². The number of anilines is 1. The molecule has 0 radical (unpaired) electrons. The van der Waals surface area contributed by atoms with Crippen LogP contribution in [0.1, 0.15) is 126 Å². The largest absolute Gasteiger partial charge is 0.457 e. The Bertz CT molecular complexity index is 3350. The van der Waals surface area contributed by atoms with Crippen molar-refractivity contribution in [2.45, 2.75) is 144 Å². The minimum absolute atomic E-state index is 0.0185. The summed E-state index contributed by atoms with van der Waals surface area (Å²) in [6, 6.07) is 11.3. The maximum atomic E-state index is 12.7. The number of unbranched alkanes of at least 4 members (excludes halogenated alkanes) is 3. The lowest BCUT2D eigenvalue weighted by molar-refractivity contribution is -0.439. The molecular weight excluding hydrogens is 1070 g/mol. The molecule has 3 N–H and O–H groups in total. The van der Waals surface area contributed by atoms with Gasteiger partial charge in [-0.1, -0.05) is 19.4 Å². The standard InChI is InChI=1S/C56H69N3O16S3/c1-8-9-29-57-47(55(4,27-31-72-6)45-35-43(77(66,67)68)33-37(2)52(45)57)23-17-39-14-13-15-40(54(39)74-41-19-21-42(22-20-41)76(63,64)65)18-24-48-56(5,28-32-73-7)46-36-44(78(69,70)71)34-38(3)53(46)58(48)30-12-10-11-16-51(62)75-59-49(60)25-26-50(59)61/h17-24,33-36H,8-16,25-32H2,1-7H3,(H2-,63,64,65,66,67,68,69,70,71)/p+1. The molecule has 3 aromatic rings. The second-order valence-electron chi connectivity index (χ2n) is 20.6. The first kappa shape index (κ1) is 59.8. The van der Waals surface area contributed by atoms with E-state index in [1.54, 1.807) is 27.2 Å². The first-order valence-corrected chi connectivity index (χ1v) is 30.4. The SMILES string of the molecule is CCCCN1C(=CC=C2CCCC(C=CC3=[N+](CCCCCC(=O)ON4C(=O)CCC4=O)c4c(C)cc(S(=O)(=O)O)cc4C3(C)CCOC)=C2Oc2ccc(S(=O)(=O)O)cc2)C(C)(CCOC)c2cc(S(=O)(=O)O)cc(C)c21. The van der Waals surface area contributed by atoms with Crippen LogP contribution in [-0.4, -0.2) is 113 Å². The maximum absolute atomic E-state index is 12.7. The van der Waals surface area contributed by atoms with Crippen LogP contribution in [0.3, 0.4) is 0 Å². The number of carbonyl (C=O) groups excluding carboxylic acids is 3. The zero-order chi connectivity index (χ0) is 57.0. The minimum atomic E-state index is -4.63. The molecule has 7 rings (SSSR count). The van der Waals surface area contributed by atoms with Gasteiger partial charge < -0.3 is 23.9 Å². The molecule has 1 saturated heterocycles. The second-order valence-corrected chi connectivity index (χ2v) is 24.9. The molecule has 78 heavy (non-hydrogen) atoms. The van der Waals surface area contributed by atoms with E-state index in [9.17, 15) is 53.3 Å². The molecule has 22 heteroatoms. The number of ether oxygens (including phenoxy) is 3. The van der Waals surface area contributed by atoms with Gasteiger partial charge in [-0.2, -0.15) is 29.8 Å². The van der Waals surface area contributed by atoms with Crippen molar-refractivity contribution in [3.63, 3.8) is 0 Å². The molecule has 2 atom stereocenters. The van der Waals surface area contributed by atoms with Gasteiger partial charge in [0, 0.05) is 93.7 Å². The zero-order valence-electron chi connectivity index (χ0n) is 45.2. The number of hydrogen-bond donors (Lipinski definition) is 3. The summed E-state index contributed by atoms with van der Waals surface area (Å²) in [4.78, 5) is 43.3. The summed E-state index contributed by atoms with van der Waals surface area (Å²) in [7, 11) is -10.6. The van der Waals surface area contributed by atoms with Crippen molar-refractivity contribution in [3.05, 3.63) is 118 Å². The van der Waals surface area contributed by atoms with Crippen LogP contribution in [0.5, 0.6) is 5.75 Å². The predicted molar refractivity (Wildman–Crippen MR) is 290 cm³/mol. The van der Waals surface area contributed by atoms with Gasteiger partial charge in [0.15, 0.2) is 5.71 Å². The Labute approximate surface area is 457 Å². The third-order valence-corrected chi connectivity index (χ3v) is 17.6. The highest BCUT2D eigenvalue weighted by atomic mass is 32.2. The van der Waals surface area contributed by atoms with Gasteiger partial charge in [0.25, 0.3) is 42.2 Å². The Morgan fingerprint density at radius 3 is 1.92 bits per heavy atom. The van der Waals surface area contributed by atoms with Crippen molar-refractivity contribution < 1.29 is 76.9 Å². The van der Waals surface area contributed by atoms with E-state index < -0.39 is 59.0 Å². The molecule has 0 aromatic heterocycles. The average molecular weight is 1140 g/mol. The van der Waals surface area contributed by atoms with Crippen molar-refractivity contribution in [2.24, 2.45) is 0 Å². The van der Waals surface area contributed by atoms with E-state index in [0.717, 1.165) is 52.3 Å². The molecule has 0 saturated carbocycles. The van der Waals surface area contributed by atoms with Crippen molar-refractivity contribution in [1.29, 1.82) is 0 Å². The number of benzene rings is 3. The first-order valence-electron chi connectivity index (χ1n) is 26.1. The van der Waals surface area contributed by atoms with Crippen LogP contribution in [0.25, 0.3) is 0 Å². The summed E-state index contributed by atoms with van der Waals surface area (Å²) in [6.07, 6.45) is 13.6. The Hall–Kier alpha value is -5.85. The number of nitrogens with zero attached hydrogens (tertiary/aromatic N) is 3. The molecule has 3 heterocycles. The highest BCUT2D eigenvalue weighted by Crippen LogP contribution is 2.53. The summed E-state index contributed by atoms with van der Waals surface area (Å²) in [5, 5.41) is 0.527. The summed E-state index contributed by atoms with van der Waals surface area (Å²) >= 11 is 0. The van der Waals surface area contributed by atoms with E-state index in [1.807, 2.05) is 45.1 Å². The number of rotatable bonds is 24. The van der Waals surface area contributed by atoms with Crippen LogP contribution >= 0.6 is 0 Å². The predicted octanol–water partition coefficient (Wildman–Crippen LogP) is 9.10. The van der Waals surface area contributed by atoms with Gasteiger partial charge in [0.2, 0.25) is 5.69 Å². The van der Waals surface area contributed by atoms with Gasteiger partial charge in [0.05, 0.1) is 20.1 Å². The molecule has 422 valence electrons. The molecule has 0 spiro atoms. The highest BCUT2D eigenvalue weighted by molar-refractivity contribution is 7.86. The van der Waals surface area contributed by atoms with Gasteiger partial charge in [0.1, 0.15) is 18.1 Å². The zero-order valence-corrected chi connectivity index (χ0v) is 47.6. The molecule has 1 aliphatic carbocycles. The fourth-order valence-corrected chi connectivity index (χ4v) is 12.6. The van der Waals surface area contributed by atoms with Crippen molar-refractivity contribution >= 4 is 65.2 Å². The Morgan fingerprint density at radius 2 is 1.32 bits per heavy atom. The number of methoxy groups -OCH3 is 2. The van der Waals surface area contributed by atoms with Crippen LogP contribution < -0.4 is 9.64 Å². The molecule has 19 nitrogen and oxygen atoms in total. The van der Waals surface area contributed by atoms with E-state index in [4.69, 9.17) is 19.0 Å². The van der Waals surface area contributed by atoms with Crippen LogP contribution in [-0.2, 0) is 69.9 Å². The molecule has 3 aliphatic heterocycles. The lowest BCUT2D eigenvalue weighted by Crippen LogP contribution is -2.33. The third-order valence-electron chi connectivity index (χ3n) is 15.1. The monoisotopic (exact) mass is 1140 g/mol. The van der Waals surface area contributed by atoms with Crippen molar-refractivity contribution in [1.82, 2.24) is 5.06 Å². The maximum Gasteiger partial charge on any atom is 0.333 e. The number of amides is 2. The smallest absolute Gasteiger partial charge is 0.333 e. The number of fused-ring (bicyclic) bond motifs is 2. The van der Waals surface area contributed by atoms with Crippen LogP contribution in [0.2, 0.25) is 0 Å². The molecule has 0 bridgehead atoms. The van der Waals surface area contributed by atoms with Gasteiger partial charge in [-0.25, -0.2) is 4.79 Å². The fourth-order valence-electron chi connectivity index (χ4n) is 11.0. The number of hydrogen-bond acceptors (Lipinski definition) is 14. The van der Waals surface area contributed by atoms with E-state index in [2.05, 4.69) is 16.4 Å².